The van der Waals surface area contributed by atoms with Crippen molar-refractivity contribution in [2.24, 2.45) is 5.16 Å². The van der Waals surface area contributed by atoms with E-state index in [4.69, 9.17) is 4.28 Å². The average Bonchev–Trinajstić information content (AvgIpc) is 2.38. The number of rotatable bonds is 3. The molecule has 0 atom stereocenters. The molecule has 1 aliphatic rings. The predicted octanol–water partition coefficient (Wildman–Crippen LogP) is 2.76. The highest BCUT2D eigenvalue weighted by Gasteiger charge is 2.22. The molecule has 2 rings (SSSR count). The minimum absolute atomic E-state index is 0.124. The normalized spacial score (nSPS) is 16.8. The van der Waals surface area contributed by atoms with Crippen LogP contribution in [-0.2, 0) is 19.2 Å². The van der Waals surface area contributed by atoms with E-state index in [1.807, 2.05) is 6.92 Å². The van der Waals surface area contributed by atoms with Gasteiger partial charge >= 0.3 is 10.1 Å². The van der Waals surface area contributed by atoms with E-state index in [1.165, 1.54) is 18.2 Å². The summed E-state index contributed by atoms with van der Waals surface area (Å²) in [5.41, 5.74) is 2.96. The highest BCUT2D eigenvalue weighted by atomic mass is 32.2. The maximum absolute atomic E-state index is 12.3. The molecule has 0 heterocycles. The van der Waals surface area contributed by atoms with E-state index in [0.29, 0.717) is 16.7 Å². The van der Waals surface area contributed by atoms with Crippen LogP contribution in [0.5, 0.6) is 0 Å². The highest BCUT2D eigenvalue weighted by molar-refractivity contribution is 7.86. The van der Waals surface area contributed by atoms with E-state index >= 15 is 0 Å². The van der Waals surface area contributed by atoms with Gasteiger partial charge in [0.1, 0.15) is 10.6 Å². The van der Waals surface area contributed by atoms with Crippen molar-refractivity contribution in [3.05, 3.63) is 52.6 Å². The fourth-order valence-electron chi connectivity index (χ4n) is 2.38. The van der Waals surface area contributed by atoms with E-state index in [0.717, 1.165) is 5.56 Å². The van der Waals surface area contributed by atoms with Gasteiger partial charge in [0.25, 0.3) is 0 Å². The van der Waals surface area contributed by atoms with Gasteiger partial charge in [0.15, 0.2) is 5.78 Å². The topological polar surface area (TPSA) is 72.8 Å². The van der Waals surface area contributed by atoms with E-state index in [9.17, 15) is 13.2 Å². The Balaban J connectivity index is 2.34. The molecule has 0 fully saturated rings. The molecule has 0 saturated heterocycles. The number of carbonyl (C=O) groups excluding carboxylic acids is 1. The molecule has 0 spiro atoms. The van der Waals surface area contributed by atoms with Gasteiger partial charge < -0.3 is 0 Å². The molecule has 1 aromatic carbocycles. The van der Waals surface area contributed by atoms with Gasteiger partial charge in [-0.05, 0) is 62.6 Å². The molecule has 1 aromatic rings. The summed E-state index contributed by atoms with van der Waals surface area (Å²) in [4.78, 5) is 11.4. The minimum Gasteiger partial charge on any atom is -0.290 e. The zero-order chi connectivity index (χ0) is 16.5. The fourth-order valence-corrected chi connectivity index (χ4v) is 3.55. The van der Waals surface area contributed by atoms with Crippen LogP contribution in [0.15, 0.2) is 46.0 Å². The van der Waals surface area contributed by atoms with Crippen molar-refractivity contribution in [2.45, 2.75) is 32.6 Å². The largest absolute Gasteiger partial charge is 0.359 e. The maximum Gasteiger partial charge on any atom is 0.359 e. The third-order valence-corrected chi connectivity index (χ3v) is 4.67. The summed E-state index contributed by atoms with van der Waals surface area (Å²) >= 11 is 0. The first-order chi connectivity index (χ1) is 10.2. The van der Waals surface area contributed by atoms with E-state index < -0.39 is 10.1 Å². The van der Waals surface area contributed by atoms with Gasteiger partial charge in [-0.3, -0.25) is 9.08 Å². The standard InChI is InChI=1S/C16H17NO4S/c1-10-7-12(3)16(13(4)8-10)22(19,20)21-17-14-5-6-15(18)11(2)9-14/h5-9H,1-4H3/b17-14-. The summed E-state index contributed by atoms with van der Waals surface area (Å²) in [5.74, 6) is -0.132. The number of hydrogen-bond acceptors (Lipinski definition) is 5. The number of allylic oxidation sites excluding steroid dienone is 4. The SMILES string of the molecule is CC1=C/C(=N\OS(=O)(=O)c2c(C)cc(C)cc2C)C=CC1=O. The minimum atomic E-state index is -4.00. The molecule has 0 amide bonds. The molecule has 0 aliphatic heterocycles. The summed E-state index contributed by atoms with van der Waals surface area (Å²) in [6, 6.07) is 3.55. The lowest BCUT2D eigenvalue weighted by atomic mass is 10.1. The summed E-state index contributed by atoms with van der Waals surface area (Å²) in [6.45, 7) is 6.96. The third kappa shape index (κ3) is 3.33. The van der Waals surface area contributed by atoms with E-state index in [1.54, 1.807) is 32.9 Å². The fraction of sp³-hybridized carbons (Fsp3) is 0.250. The molecule has 116 valence electrons. The molecule has 0 bridgehead atoms. The van der Waals surface area contributed by atoms with Crippen LogP contribution < -0.4 is 0 Å². The number of aryl methyl sites for hydroxylation is 3. The molecule has 0 unspecified atom stereocenters. The van der Waals surface area contributed by atoms with Crippen LogP contribution in [0.2, 0.25) is 0 Å². The molecule has 0 saturated carbocycles. The second-order valence-corrected chi connectivity index (χ2v) is 6.76. The molecule has 22 heavy (non-hydrogen) atoms. The highest BCUT2D eigenvalue weighted by Crippen LogP contribution is 2.24. The van der Waals surface area contributed by atoms with Crippen molar-refractivity contribution >= 4 is 21.6 Å². The molecule has 0 radical (unpaired) electrons. The molecular weight excluding hydrogens is 302 g/mol. The first-order valence-electron chi connectivity index (χ1n) is 6.71. The Kier molecular flexibility index (Phi) is 4.32. The van der Waals surface area contributed by atoms with Gasteiger partial charge in [-0.15, -0.1) is 0 Å². The molecule has 5 nitrogen and oxygen atoms in total. The Morgan fingerprint density at radius 1 is 1.00 bits per heavy atom. The number of benzene rings is 1. The Morgan fingerprint density at radius 2 is 1.59 bits per heavy atom. The lowest BCUT2D eigenvalue weighted by molar-refractivity contribution is -0.111. The predicted molar refractivity (Wildman–Crippen MR) is 84.3 cm³/mol. The molecule has 1 aliphatic carbocycles. The zero-order valence-electron chi connectivity index (χ0n) is 12.9. The van der Waals surface area contributed by atoms with Crippen LogP contribution in [0.4, 0.5) is 0 Å². The molecule has 6 heteroatoms. The van der Waals surface area contributed by atoms with E-state index in [-0.39, 0.29) is 16.4 Å². The smallest absolute Gasteiger partial charge is 0.290 e. The number of ketones is 1. The summed E-state index contributed by atoms with van der Waals surface area (Å²) in [7, 11) is -4.00. The Morgan fingerprint density at radius 3 is 2.14 bits per heavy atom. The van der Waals surface area contributed by atoms with Crippen LogP contribution in [-0.4, -0.2) is 19.9 Å². The van der Waals surface area contributed by atoms with Crippen molar-refractivity contribution < 1.29 is 17.5 Å². The Bertz CT molecular complexity index is 807. The average molecular weight is 319 g/mol. The van der Waals surface area contributed by atoms with Gasteiger partial charge in [0.2, 0.25) is 0 Å². The van der Waals surface area contributed by atoms with E-state index in [2.05, 4.69) is 5.16 Å². The molecular formula is C16H17NO4S. The van der Waals surface area contributed by atoms with Crippen LogP contribution >= 0.6 is 0 Å². The first kappa shape index (κ1) is 16.2. The molecule has 0 aromatic heterocycles. The van der Waals surface area contributed by atoms with Crippen LogP contribution in [0, 0.1) is 20.8 Å². The van der Waals surface area contributed by atoms with Gasteiger partial charge in [-0.25, -0.2) is 0 Å². The summed E-state index contributed by atoms with van der Waals surface area (Å²) in [5, 5.41) is 3.63. The monoisotopic (exact) mass is 319 g/mol. The van der Waals surface area contributed by atoms with Crippen molar-refractivity contribution in [3.63, 3.8) is 0 Å². The van der Waals surface area contributed by atoms with Crippen LogP contribution in [0.1, 0.15) is 23.6 Å². The lowest BCUT2D eigenvalue weighted by Gasteiger charge is -2.10. The van der Waals surface area contributed by atoms with Crippen LogP contribution in [0.3, 0.4) is 0 Å². The Hall–Kier alpha value is -2.21. The Labute approximate surface area is 130 Å². The number of carbonyl (C=O) groups is 1. The van der Waals surface area contributed by atoms with Gasteiger partial charge in [-0.1, -0.05) is 22.9 Å². The third-order valence-electron chi connectivity index (χ3n) is 3.25. The number of hydrogen-bond donors (Lipinski definition) is 0. The van der Waals surface area contributed by atoms with Crippen molar-refractivity contribution in [1.82, 2.24) is 0 Å². The number of nitrogens with zero attached hydrogens (tertiary/aromatic N) is 1. The van der Waals surface area contributed by atoms with Crippen molar-refractivity contribution in [2.75, 3.05) is 0 Å². The first-order valence-corrected chi connectivity index (χ1v) is 8.12. The molecule has 0 N–H and O–H groups in total. The zero-order valence-corrected chi connectivity index (χ0v) is 13.7. The van der Waals surface area contributed by atoms with Crippen molar-refractivity contribution in [1.29, 1.82) is 0 Å². The van der Waals surface area contributed by atoms with Crippen LogP contribution in [0.25, 0.3) is 0 Å². The summed E-state index contributed by atoms with van der Waals surface area (Å²) in [6.07, 6.45) is 4.22. The second-order valence-electron chi connectivity index (χ2n) is 5.30. The van der Waals surface area contributed by atoms with Crippen molar-refractivity contribution in [3.8, 4) is 0 Å². The number of oxime groups is 1. The second kappa shape index (κ2) is 5.88. The van der Waals surface area contributed by atoms with Gasteiger partial charge in [0.05, 0.1) is 0 Å². The summed E-state index contributed by atoms with van der Waals surface area (Å²) < 4.78 is 29.5. The quantitative estimate of drug-likeness (QED) is 0.634. The van der Waals surface area contributed by atoms with Gasteiger partial charge in [0, 0.05) is 0 Å². The van der Waals surface area contributed by atoms with Gasteiger partial charge in [-0.2, -0.15) is 8.42 Å². The lowest BCUT2D eigenvalue weighted by Crippen LogP contribution is -2.10. The maximum atomic E-state index is 12.3.